The van der Waals surface area contributed by atoms with Crippen LogP contribution in [0.25, 0.3) is 16.7 Å². The van der Waals surface area contributed by atoms with Crippen molar-refractivity contribution in [2.24, 2.45) is 0 Å². The molecule has 114 valence electrons. The highest BCUT2D eigenvalue weighted by molar-refractivity contribution is 5.79. The van der Waals surface area contributed by atoms with Gasteiger partial charge in [-0.3, -0.25) is 0 Å². The van der Waals surface area contributed by atoms with Gasteiger partial charge in [0.25, 0.3) is 0 Å². The molecule has 3 aromatic rings. The summed E-state index contributed by atoms with van der Waals surface area (Å²) in [4.78, 5) is 12.1. The molecule has 0 bridgehead atoms. The van der Waals surface area contributed by atoms with E-state index in [1.54, 1.807) is 12.1 Å². The first-order valence-electron chi connectivity index (χ1n) is 7.39. The fourth-order valence-electron chi connectivity index (χ4n) is 2.59. The summed E-state index contributed by atoms with van der Waals surface area (Å²) in [6.45, 7) is 0. The lowest BCUT2D eigenvalue weighted by Gasteiger charge is -2.11. The molecule has 2 aromatic carbocycles. The maximum Gasteiger partial charge on any atom is 0.347 e. The van der Waals surface area contributed by atoms with Crippen molar-refractivity contribution in [1.29, 1.82) is 0 Å². The largest absolute Gasteiger partial charge is 0.458 e. The van der Waals surface area contributed by atoms with E-state index in [9.17, 15) is 4.79 Å². The predicted molar refractivity (Wildman–Crippen MR) is 86.6 cm³/mol. The zero-order valence-corrected chi connectivity index (χ0v) is 12.3. The quantitative estimate of drug-likeness (QED) is 0.692. The van der Waals surface area contributed by atoms with Gasteiger partial charge in [0.15, 0.2) is 5.76 Å². The minimum absolute atomic E-state index is 0.374. The van der Waals surface area contributed by atoms with E-state index in [4.69, 9.17) is 13.9 Å². The molecule has 1 aliphatic rings. The van der Waals surface area contributed by atoms with E-state index in [-0.39, 0.29) is 0 Å². The summed E-state index contributed by atoms with van der Waals surface area (Å²) >= 11 is 0. The summed E-state index contributed by atoms with van der Waals surface area (Å²) in [6.07, 6.45) is 1.66. The normalized spacial score (nSPS) is 16.7. The molecule has 0 N–H and O–H groups in total. The minimum atomic E-state index is -0.432. The third-order valence-corrected chi connectivity index (χ3v) is 3.74. The first-order valence-corrected chi connectivity index (χ1v) is 7.39. The first kappa shape index (κ1) is 13.6. The summed E-state index contributed by atoms with van der Waals surface area (Å²) in [5, 5.41) is 0.845. The molecule has 1 unspecified atom stereocenters. The number of benzene rings is 2. The number of rotatable bonds is 3. The van der Waals surface area contributed by atoms with Crippen LogP contribution >= 0.6 is 0 Å². The van der Waals surface area contributed by atoms with E-state index in [0.29, 0.717) is 23.3 Å². The summed E-state index contributed by atoms with van der Waals surface area (Å²) in [5.74, 6) is 0.408. The fraction of sp³-hybridized carbons (Fsp3) is 0.105. The van der Waals surface area contributed by atoms with Gasteiger partial charge in [-0.1, -0.05) is 48.5 Å². The first-order chi connectivity index (χ1) is 11.3. The molecule has 0 saturated carbocycles. The highest BCUT2D eigenvalue weighted by atomic mass is 16.7. The second kappa shape index (κ2) is 5.65. The molecule has 0 saturated heterocycles. The number of hydrogen-bond acceptors (Lipinski definition) is 4. The topological polar surface area (TPSA) is 48.7 Å². The van der Waals surface area contributed by atoms with Crippen LogP contribution in [-0.4, -0.2) is 6.29 Å². The van der Waals surface area contributed by atoms with Crippen LogP contribution in [0.5, 0.6) is 0 Å². The van der Waals surface area contributed by atoms with E-state index in [1.165, 1.54) is 6.26 Å². The second-order valence-electron chi connectivity index (χ2n) is 5.34. The van der Waals surface area contributed by atoms with Gasteiger partial charge in [0, 0.05) is 11.8 Å². The third kappa shape index (κ3) is 2.71. The van der Waals surface area contributed by atoms with Crippen LogP contribution < -0.4 is 5.63 Å². The van der Waals surface area contributed by atoms with E-state index in [1.807, 2.05) is 48.5 Å². The van der Waals surface area contributed by atoms with Crippen molar-refractivity contribution in [2.45, 2.75) is 12.7 Å². The Kier molecular flexibility index (Phi) is 3.35. The number of fused-ring (bicyclic) bond motifs is 1. The molecule has 1 atom stereocenters. The maximum atomic E-state index is 12.1. The van der Waals surface area contributed by atoms with Crippen LogP contribution in [0.2, 0.25) is 0 Å². The zero-order valence-electron chi connectivity index (χ0n) is 12.3. The molecular weight excluding hydrogens is 292 g/mol. The van der Waals surface area contributed by atoms with Crippen LogP contribution in [-0.2, 0) is 15.9 Å². The van der Waals surface area contributed by atoms with Crippen molar-refractivity contribution in [2.75, 3.05) is 0 Å². The van der Waals surface area contributed by atoms with Gasteiger partial charge in [-0.25, -0.2) is 4.79 Å². The zero-order chi connectivity index (χ0) is 15.6. The lowest BCUT2D eigenvalue weighted by Crippen LogP contribution is -2.13. The lowest BCUT2D eigenvalue weighted by atomic mass is 10.1. The molecule has 2 heterocycles. The number of ether oxygens (including phenoxy) is 2. The molecule has 0 radical (unpaired) electrons. The Morgan fingerprint density at radius 3 is 2.61 bits per heavy atom. The molecule has 0 amide bonds. The molecule has 4 rings (SSSR count). The van der Waals surface area contributed by atoms with Crippen molar-refractivity contribution in [3.05, 3.63) is 88.5 Å². The Labute approximate surface area is 132 Å². The highest BCUT2D eigenvalue weighted by Gasteiger charge is 2.23. The van der Waals surface area contributed by atoms with Crippen LogP contribution in [0, 0.1) is 0 Å². The van der Waals surface area contributed by atoms with Crippen LogP contribution in [0.15, 0.2) is 76.1 Å². The summed E-state index contributed by atoms with van der Waals surface area (Å²) in [7, 11) is 0. The lowest BCUT2D eigenvalue weighted by molar-refractivity contribution is -0.0137. The average molecular weight is 306 g/mol. The number of para-hydroxylation sites is 1. The molecule has 0 aliphatic carbocycles. The molecule has 23 heavy (non-hydrogen) atoms. The van der Waals surface area contributed by atoms with Gasteiger partial charge in [0.05, 0.1) is 0 Å². The summed E-state index contributed by atoms with van der Waals surface area (Å²) in [5.41, 5.74) is 1.61. The standard InChI is InChI=1S/C19H14O4/c20-19-15(11-14-8-4-5-9-16(14)23-19)17-12-21-18(22-17)10-13-6-2-1-3-7-13/h1-9,11-12,18H,10H2. The van der Waals surface area contributed by atoms with Crippen molar-refractivity contribution < 1.29 is 13.9 Å². The van der Waals surface area contributed by atoms with E-state index in [0.717, 1.165) is 10.9 Å². The highest BCUT2D eigenvalue weighted by Crippen LogP contribution is 2.26. The number of hydrogen-bond donors (Lipinski definition) is 0. The van der Waals surface area contributed by atoms with Gasteiger partial charge in [-0.2, -0.15) is 0 Å². The van der Waals surface area contributed by atoms with E-state index >= 15 is 0 Å². The fourth-order valence-corrected chi connectivity index (χ4v) is 2.59. The Morgan fingerprint density at radius 1 is 0.957 bits per heavy atom. The van der Waals surface area contributed by atoms with Gasteiger partial charge in [-0.15, -0.1) is 0 Å². The molecular formula is C19H14O4. The van der Waals surface area contributed by atoms with E-state index in [2.05, 4.69) is 0 Å². The minimum Gasteiger partial charge on any atom is -0.458 e. The van der Waals surface area contributed by atoms with Crippen LogP contribution in [0.4, 0.5) is 0 Å². The molecule has 4 nitrogen and oxygen atoms in total. The smallest absolute Gasteiger partial charge is 0.347 e. The molecule has 0 fully saturated rings. The third-order valence-electron chi connectivity index (χ3n) is 3.74. The summed E-state index contributed by atoms with van der Waals surface area (Å²) in [6, 6.07) is 19.1. The van der Waals surface area contributed by atoms with Gasteiger partial charge in [0.1, 0.15) is 17.4 Å². The maximum absolute atomic E-state index is 12.1. The monoisotopic (exact) mass is 306 g/mol. The van der Waals surface area contributed by atoms with E-state index < -0.39 is 11.9 Å². The molecule has 1 aliphatic heterocycles. The van der Waals surface area contributed by atoms with Crippen molar-refractivity contribution >= 4 is 16.7 Å². The van der Waals surface area contributed by atoms with Gasteiger partial charge >= 0.3 is 5.63 Å². The Hall–Kier alpha value is -3.01. The molecule has 4 heteroatoms. The van der Waals surface area contributed by atoms with Gasteiger partial charge in [0.2, 0.25) is 6.29 Å². The molecule has 1 aromatic heterocycles. The average Bonchev–Trinajstić information content (AvgIpc) is 3.03. The van der Waals surface area contributed by atoms with Crippen LogP contribution in [0.1, 0.15) is 11.1 Å². The van der Waals surface area contributed by atoms with Gasteiger partial charge in [-0.05, 0) is 17.7 Å². The predicted octanol–water partition coefficient (Wildman–Crippen LogP) is 3.71. The Balaban J connectivity index is 1.58. The van der Waals surface area contributed by atoms with Crippen molar-refractivity contribution in [3.63, 3.8) is 0 Å². The summed E-state index contributed by atoms with van der Waals surface area (Å²) < 4.78 is 16.6. The van der Waals surface area contributed by atoms with Crippen molar-refractivity contribution in [3.8, 4) is 0 Å². The SMILES string of the molecule is O=c1oc2ccccc2cc1C1=COC(Cc2ccccc2)O1. The van der Waals surface area contributed by atoms with Gasteiger partial charge < -0.3 is 13.9 Å². The Morgan fingerprint density at radius 2 is 1.74 bits per heavy atom. The van der Waals surface area contributed by atoms with Crippen LogP contribution in [0.3, 0.4) is 0 Å². The molecule has 0 spiro atoms. The van der Waals surface area contributed by atoms with Crippen molar-refractivity contribution in [1.82, 2.24) is 0 Å². The second-order valence-corrected chi connectivity index (χ2v) is 5.34. The Bertz CT molecular complexity index is 925.